The number of alkyl halides is 3. The molecule has 0 aliphatic carbocycles. The van der Waals surface area contributed by atoms with E-state index in [4.69, 9.17) is 0 Å². The van der Waals surface area contributed by atoms with Gasteiger partial charge in [-0.15, -0.1) is 0 Å². The molecule has 0 saturated carbocycles. The first-order valence-corrected chi connectivity index (χ1v) is 7.77. The van der Waals surface area contributed by atoms with Gasteiger partial charge in [-0.1, -0.05) is 24.3 Å². The maximum absolute atomic E-state index is 12.8. The summed E-state index contributed by atoms with van der Waals surface area (Å²) in [7, 11) is 0. The maximum atomic E-state index is 12.8. The van der Waals surface area contributed by atoms with Crippen molar-refractivity contribution in [3.8, 4) is 0 Å². The van der Waals surface area contributed by atoms with Crippen LogP contribution >= 0.6 is 0 Å². The highest BCUT2D eigenvalue weighted by atomic mass is 19.4. The predicted octanol–water partition coefficient (Wildman–Crippen LogP) is 3.93. The first kappa shape index (κ1) is 18.8. The molecule has 0 bridgehead atoms. The van der Waals surface area contributed by atoms with E-state index in [2.05, 4.69) is 10.6 Å². The lowest BCUT2D eigenvalue weighted by molar-refractivity contribution is -0.137. The van der Waals surface area contributed by atoms with Crippen LogP contribution in [0.15, 0.2) is 48.5 Å². The van der Waals surface area contributed by atoms with E-state index in [1.165, 1.54) is 24.3 Å². The molecule has 0 aromatic heterocycles. The molecule has 2 amide bonds. The quantitative estimate of drug-likeness (QED) is 0.759. The van der Waals surface area contributed by atoms with Crippen LogP contribution < -0.4 is 10.6 Å². The number of halogens is 4. The van der Waals surface area contributed by atoms with Gasteiger partial charge in [-0.05, 0) is 48.2 Å². The molecule has 0 saturated heterocycles. The zero-order valence-electron chi connectivity index (χ0n) is 13.4. The number of carbonyl (C=O) groups excluding carboxylic acids is 1. The molecule has 0 aliphatic rings. The summed E-state index contributed by atoms with van der Waals surface area (Å²) in [5.74, 6) is -0.308. The molecule has 0 spiro atoms. The highest BCUT2D eigenvalue weighted by molar-refractivity contribution is 5.73. The van der Waals surface area contributed by atoms with Gasteiger partial charge in [0.15, 0.2) is 0 Å². The highest BCUT2D eigenvalue weighted by Gasteiger charge is 2.29. The third kappa shape index (κ3) is 6.45. The van der Waals surface area contributed by atoms with Gasteiger partial charge in [0.1, 0.15) is 5.82 Å². The molecule has 7 heteroatoms. The molecule has 0 aliphatic heterocycles. The molecule has 0 atom stereocenters. The number of nitrogens with one attached hydrogen (secondary N) is 2. The zero-order chi connectivity index (χ0) is 18.3. The van der Waals surface area contributed by atoms with Crippen molar-refractivity contribution in [3.63, 3.8) is 0 Å². The second-order valence-corrected chi connectivity index (χ2v) is 5.50. The molecule has 0 unspecified atom stereocenters. The molecule has 2 rings (SSSR count). The standard InChI is InChI=1S/C18H18F4N2O/c19-16-7-3-14(4-8-16)10-12-24-17(25)23-11-9-13-1-5-15(6-2-13)18(20,21)22/h1-8H,9-12H2,(H2,23,24,25). The van der Waals surface area contributed by atoms with E-state index in [0.29, 0.717) is 31.5 Å². The fourth-order valence-electron chi connectivity index (χ4n) is 2.21. The Morgan fingerprint density at radius 2 is 1.24 bits per heavy atom. The van der Waals surface area contributed by atoms with E-state index in [1.807, 2.05) is 0 Å². The van der Waals surface area contributed by atoms with Gasteiger partial charge in [0.05, 0.1) is 5.56 Å². The lowest BCUT2D eigenvalue weighted by Crippen LogP contribution is -2.37. The van der Waals surface area contributed by atoms with Crippen LogP contribution in [0.4, 0.5) is 22.4 Å². The van der Waals surface area contributed by atoms with Crippen molar-refractivity contribution in [2.75, 3.05) is 13.1 Å². The Morgan fingerprint density at radius 1 is 0.800 bits per heavy atom. The normalized spacial score (nSPS) is 11.2. The number of hydrogen-bond acceptors (Lipinski definition) is 1. The Hall–Kier alpha value is -2.57. The van der Waals surface area contributed by atoms with Crippen LogP contribution in [0.1, 0.15) is 16.7 Å². The van der Waals surface area contributed by atoms with Crippen LogP contribution in [-0.2, 0) is 19.0 Å². The Balaban J connectivity index is 1.65. The predicted molar refractivity (Wildman–Crippen MR) is 86.7 cm³/mol. The van der Waals surface area contributed by atoms with Crippen LogP contribution in [0.25, 0.3) is 0 Å². The zero-order valence-corrected chi connectivity index (χ0v) is 13.4. The average molecular weight is 354 g/mol. The van der Waals surface area contributed by atoms with Crippen LogP contribution in [-0.4, -0.2) is 19.1 Å². The van der Waals surface area contributed by atoms with E-state index in [9.17, 15) is 22.4 Å². The lowest BCUT2D eigenvalue weighted by Gasteiger charge is -2.09. The number of carbonyl (C=O) groups is 1. The molecule has 0 radical (unpaired) electrons. The Labute approximate surface area is 143 Å². The van der Waals surface area contributed by atoms with Gasteiger partial charge in [0.2, 0.25) is 0 Å². The first-order chi connectivity index (χ1) is 11.8. The van der Waals surface area contributed by atoms with Crippen molar-refractivity contribution in [1.82, 2.24) is 10.6 Å². The second kappa shape index (κ2) is 8.50. The second-order valence-electron chi connectivity index (χ2n) is 5.50. The number of benzene rings is 2. The van der Waals surface area contributed by atoms with Crippen LogP contribution in [0.3, 0.4) is 0 Å². The average Bonchev–Trinajstić information content (AvgIpc) is 2.56. The van der Waals surface area contributed by atoms with Gasteiger partial charge in [-0.25, -0.2) is 9.18 Å². The molecule has 3 nitrogen and oxygen atoms in total. The summed E-state index contributed by atoms with van der Waals surface area (Å²) in [4.78, 5) is 11.6. The maximum Gasteiger partial charge on any atom is 0.416 e. The lowest BCUT2D eigenvalue weighted by atomic mass is 10.1. The van der Waals surface area contributed by atoms with Crippen molar-refractivity contribution >= 4 is 6.03 Å². The summed E-state index contributed by atoms with van der Waals surface area (Å²) < 4.78 is 50.1. The highest BCUT2D eigenvalue weighted by Crippen LogP contribution is 2.29. The van der Waals surface area contributed by atoms with E-state index < -0.39 is 11.7 Å². The van der Waals surface area contributed by atoms with E-state index in [0.717, 1.165) is 17.7 Å². The minimum atomic E-state index is -4.35. The Morgan fingerprint density at radius 3 is 1.68 bits per heavy atom. The molecular weight excluding hydrogens is 336 g/mol. The Bertz CT molecular complexity index is 682. The summed E-state index contributed by atoms with van der Waals surface area (Å²) >= 11 is 0. The number of urea groups is 1. The van der Waals surface area contributed by atoms with Crippen LogP contribution in [0.5, 0.6) is 0 Å². The smallest absolute Gasteiger partial charge is 0.338 e. The molecule has 0 heterocycles. The fourth-order valence-corrected chi connectivity index (χ4v) is 2.21. The topological polar surface area (TPSA) is 41.1 Å². The van der Waals surface area contributed by atoms with Crippen LogP contribution in [0.2, 0.25) is 0 Å². The number of amides is 2. The summed E-state index contributed by atoms with van der Waals surface area (Å²) in [6, 6.07) is 10.5. The molecule has 2 aromatic rings. The molecule has 134 valence electrons. The third-order valence-electron chi connectivity index (χ3n) is 3.59. The first-order valence-electron chi connectivity index (χ1n) is 7.77. The number of hydrogen-bond donors (Lipinski definition) is 2. The summed E-state index contributed by atoms with van der Waals surface area (Å²) in [5, 5.41) is 5.31. The van der Waals surface area contributed by atoms with Crippen molar-refractivity contribution < 1.29 is 22.4 Å². The molecule has 25 heavy (non-hydrogen) atoms. The monoisotopic (exact) mass is 354 g/mol. The van der Waals surface area contributed by atoms with E-state index >= 15 is 0 Å². The third-order valence-corrected chi connectivity index (χ3v) is 3.59. The van der Waals surface area contributed by atoms with Gasteiger partial charge >= 0.3 is 12.2 Å². The SMILES string of the molecule is O=C(NCCc1ccc(F)cc1)NCCc1ccc(C(F)(F)F)cc1. The van der Waals surface area contributed by atoms with Crippen LogP contribution in [0, 0.1) is 5.82 Å². The number of rotatable bonds is 6. The summed E-state index contributed by atoms with van der Waals surface area (Å²) in [6.45, 7) is 0.714. The van der Waals surface area contributed by atoms with Crippen molar-refractivity contribution in [2.45, 2.75) is 19.0 Å². The fraction of sp³-hybridized carbons (Fsp3) is 0.278. The Kier molecular flexibility index (Phi) is 6.38. The van der Waals surface area contributed by atoms with Gasteiger partial charge in [0.25, 0.3) is 0 Å². The summed E-state index contributed by atoms with van der Waals surface area (Å²) in [5.41, 5.74) is 0.925. The van der Waals surface area contributed by atoms with Gasteiger partial charge in [0, 0.05) is 13.1 Å². The van der Waals surface area contributed by atoms with Gasteiger partial charge < -0.3 is 10.6 Å². The van der Waals surface area contributed by atoms with Gasteiger partial charge in [-0.3, -0.25) is 0 Å². The minimum Gasteiger partial charge on any atom is -0.338 e. The molecular formula is C18H18F4N2O. The van der Waals surface area contributed by atoms with Crippen molar-refractivity contribution in [3.05, 3.63) is 71.0 Å². The van der Waals surface area contributed by atoms with Crippen molar-refractivity contribution in [2.24, 2.45) is 0 Å². The van der Waals surface area contributed by atoms with Crippen molar-refractivity contribution in [1.29, 1.82) is 0 Å². The summed E-state index contributed by atoms with van der Waals surface area (Å²) in [6.07, 6.45) is -3.34. The van der Waals surface area contributed by atoms with E-state index in [-0.39, 0.29) is 11.8 Å². The molecule has 2 N–H and O–H groups in total. The molecule has 2 aromatic carbocycles. The largest absolute Gasteiger partial charge is 0.416 e. The molecule has 0 fully saturated rings. The van der Waals surface area contributed by atoms with E-state index in [1.54, 1.807) is 12.1 Å². The van der Waals surface area contributed by atoms with Gasteiger partial charge in [-0.2, -0.15) is 13.2 Å². The minimum absolute atomic E-state index is 0.308.